The van der Waals surface area contributed by atoms with Crippen LogP contribution in [0, 0.1) is 0 Å². The number of carbonyl (C=O) groups is 2. The van der Waals surface area contributed by atoms with Crippen molar-refractivity contribution in [3.63, 3.8) is 0 Å². The van der Waals surface area contributed by atoms with Crippen molar-refractivity contribution in [3.05, 3.63) is 65.7 Å². The fraction of sp³-hybridized carbons (Fsp3) is 0. The quantitative estimate of drug-likeness (QED) is 0.816. The average molecular weight is 265 g/mol. The van der Waals surface area contributed by atoms with Gasteiger partial charge in [0, 0.05) is 0 Å². The van der Waals surface area contributed by atoms with Crippen LogP contribution in [0.5, 0.6) is 5.75 Å². The first kappa shape index (κ1) is 12.2. The molecule has 0 saturated carbocycles. The highest BCUT2D eigenvalue weighted by Gasteiger charge is 2.31. The lowest BCUT2D eigenvalue weighted by Gasteiger charge is -2.05. The number of rotatable bonds is 2. The molecule has 2 aromatic carbocycles. The fourth-order valence-electron chi connectivity index (χ4n) is 2.27. The lowest BCUT2D eigenvalue weighted by molar-refractivity contribution is -0.122. The van der Waals surface area contributed by atoms with Crippen molar-refractivity contribution in [2.45, 2.75) is 0 Å². The van der Waals surface area contributed by atoms with E-state index in [1.165, 1.54) is 12.1 Å². The Bertz CT molecular complexity index is 732. The van der Waals surface area contributed by atoms with E-state index in [0.29, 0.717) is 16.7 Å². The van der Waals surface area contributed by atoms with Crippen molar-refractivity contribution < 1.29 is 14.7 Å². The summed E-state index contributed by atoms with van der Waals surface area (Å²) in [5, 5.41) is 11.8. The van der Waals surface area contributed by atoms with Crippen LogP contribution in [0.15, 0.2) is 54.6 Å². The summed E-state index contributed by atoms with van der Waals surface area (Å²) < 4.78 is 0. The molecule has 1 aliphatic rings. The van der Waals surface area contributed by atoms with Gasteiger partial charge in [0.05, 0.1) is 11.1 Å². The maximum atomic E-state index is 12.0. The first-order valence-corrected chi connectivity index (χ1v) is 6.11. The number of amides is 2. The molecule has 3 rings (SSSR count). The van der Waals surface area contributed by atoms with Crippen molar-refractivity contribution in [2.75, 3.05) is 0 Å². The molecule has 0 radical (unpaired) electrons. The highest BCUT2D eigenvalue weighted by molar-refractivity contribution is 6.49. The predicted octanol–water partition coefficient (Wildman–Crippen LogP) is 1.96. The summed E-state index contributed by atoms with van der Waals surface area (Å²) in [5.41, 5.74) is 1.82. The molecular formula is C16H11NO3. The Hall–Kier alpha value is -2.88. The topological polar surface area (TPSA) is 66.4 Å². The average Bonchev–Trinajstić information content (AvgIpc) is 2.74. The number of carbonyl (C=O) groups excluding carboxylic acids is 2. The third kappa shape index (κ3) is 1.97. The standard InChI is InChI=1S/C16H11NO3/c18-12-8-4-7-11(9-12)14-13(15(19)17-16(14)20)10-5-2-1-3-6-10/h1-9,18H,(H,17,19,20). The molecule has 98 valence electrons. The van der Waals surface area contributed by atoms with Gasteiger partial charge in [-0.25, -0.2) is 0 Å². The van der Waals surface area contributed by atoms with E-state index in [2.05, 4.69) is 5.32 Å². The van der Waals surface area contributed by atoms with Crippen molar-refractivity contribution in [3.8, 4) is 5.75 Å². The summed E-state index contributed by atoms with van der Waals surface area (Å²) in [6.07, 6.45) is 0. The molecule has 0 fully saturated rings. The second-order valence-corrected chi connectivity index (χ2v) is 4.45. The Labute approximate surface area is 115 Å². The highest BCUT2D eigenvalue weighted by atomic mass is 16.3. The number of nitrogens with one attached hydrogen (secondary N) is 1. The number of phenolic OH excluding ortho intramolecular Hbond substituents is 1. The van der Waals surface area contributed by atoms with Gasteiger partial charge in [0.15, 0.2) is 0 Å². The molecule has 0 spiro atoms. The predicted molar refractivity (Wildman–Crippen MR) is 74.5 cm³/mol. The van der Waals surface area contributed by atoms with Crippen LogP contribution in [0.4, 0.5) is 0 Å². The number of hydrogen-bond donors (Lipinski definition) is 2. The second kappa shape index (κ2) is 4.66. The van der Waals surface area contributed by atoms with E-state index in [9.17, 15) is 14.7 Å². The molecule has 20 heavy (non-hydrogen) atoms. The first-order valence-electron chi connectivity index (χ1n) is 6.11. The minimum absolute atomic E-state index is 0.0505. The van der Waals surface area contributed by atoms with Gasteiger partial charge in [0.1, 0.15) is 5.75 Å². The van der Waals surface area contributed by atoms with Gasteiger partial charge in [-0.15, -0.1) is 0 Å². The Morgan fingerprint density at radius 1 is 0.750 bits per heavy atom. The van der Waals surface area contributed by atoms with Crippen LogP contribution < -0.4 is 5.32 Å². The Morgan fingerprint density at radius 3 is 2.00 bits per heavy atom. The lowest BCUT2D eigenvalue weighted by Crippen LogP contribution is -2.22. The Morgan fingerprint density at radius 2 is 1.35 bits per heavy atom. The van der Waals surface area contributed by atoms with E-state index in [1.807, 2.05) is 6.07 Å². The van der Waals surface area contributed by atoms with Crippen LogP contribution in [0.25, 0.3) is 11.1 Å². The van der Waals surface area contributed by atoms with Gasteiger partial charge >= 0.3 is 0 Å². The molecule has 1 aliphatic heterocycles. The van der Waals surface area contributed by atoms with E-state index in [0.717, 1.165) is 0 Å². The summed E-state index contributed by atoms with van der Waals surface area (Å²) in [4.78, 5) is 24.0. The summed E-state index contributed by atoms with van der Waals surface area (Å²) in [5.74, 6) is -0.812. The van der Waals surface area contributed by atoms with Gasteiger partial charge in [-0.2, -0.15) is 0 Å². The van der Waals surface area contributed by atoms with Gasteiger partial charge in [0.25, 0.3) is 11.8 Å². The summed E-state index contributed by atoms with van der Waals surface area (Å²) in [6.45, 7) is 0. The normalized spacial score (nSPS) is 14.6. The zero-order chi connectivity index (χ0) is 14.1. The van der Waals surface area contributed by atoms with Gasteiger partial charge in [0.2, 0.25) is 0 Å². The number of imide groups is 1. The molecule has 0 bridgehead atoms. The van der Waals surface area contributed by atoms with Crippen LogP contribution >= 0.6 is 0 Å². The lowest BCUT2D eigenvalue weighted by atomic mass is 9.96. The molecule has 2 aromatic rings. The van der Waals surface area contributed by atoms with E-state index >= 15 is 0 Å². The summed E-state index contributed by atoms with van der Waals surface area (Å²) in [7, 11) is 0. The minimum atomic E-state index is -0.445. The van der Waals surface area contributed by atoms with Crippen molar-refractivity contribution >= 4 is 23.0 Å². The molecule has 0 unspecified atom stereocenters. The fourth-order valence-corrected chi connectivity index (χ4v) is 2.27. The zero-order valence-electron chi connectivity index (χ0n) is 10.5. The van der Waals surface area contributed by atoms with Crippen LogP contribution in [-0.2, 0) is 9.59 Å². The van der Waals surface area contributed by atoms with Gasteiger partial charge in [-0.1, -0.05) is 42.5 Å². The zero-order valence-corrected chi connectivity index (χ0v) is 10.5. The summed E-state index contributed by atoms with van der Waals surface area (Å²) >= 11 is 0. The molecule has 4 heteroatoms. The number of benzene rings is 2. The van der Waals surface area contributed by atoms with E-state index < -0.39 is 11.8 Å². The van der Waals surface area contributed by atoms with Gasteiger partial charge < -0.3 is 5.11 Å². The van der Waals surface area contributed by atoms with Crippen molar-refractivity contribution in [2.24, 2.45) is 0 Å². The number of aromatic hydroxyl groups is 1. The number of phenols is 1. The van der Waals surface area contributed by atoms with Crippen LogP contribution in [-0.4, -0.2) is 16.9 Å². The SMILES string of the molecule is O=C1NC(=O)C(c2cccc(O)c2)=C1c1ccccc1. The Balaban J connectivity index is 2.24. The summed E-state index contributed by atoms with van der Waals surface area (Å²) in [6, 6.07) is 15.3. The van der Waals surface area contributed by atoms with Gasteiger partial charge in [-0.05, 0) is 23.3 Å². The number of hydrogen-bond acceptors (Lipinski definition) is 3. The Kier molecular flexibility index (Phi) is 2.84. The maximum absolute atomic E-state index is 12.0. The van der Waals surface area contributed by atoms with Crippen LogP contribution in [0.2, 0.25) is 0 Å². The molecule has 0 atom stereocenters. The van der Waals surface area contributed by atoms with Crippen molar-refractivity contribution in [1.82, 2.24) is 5.32 Å². The third-order valence-electron chi connectivity index (χ3n) is 3.13. The molecule has 1 heterocycles. The van der Waals surface area contributed by atoms with E-state index in [-0.39, 0.29) is 11.3 Å². The van der Waals surface area contributed by atoms with Crippen LogP contribution in [0.1, 0.15) is 11.1 Å². The van der Waals surface area contributed by atoms with Crippen LogP contribution in [0.3, 0.4) is 0 Å². The first-order chi connectivity index (χ1) is 9.66. The van der Waals surface area contributed by atoms with E-state index in [1.54, 1.807) is 36.4 Å². The molecule has 0 aliphatic carbocycles. The molecule has 0 aromatic heterocycles. The molecule has 0 saturated heterocycles. The third-order valence-corrected chi connectivity index (χ3v) is 3.13. The molecule has 2 amide bonds. The molecule has 2 N–H and O–H groups in total. The smallest absolute Gasteiger partial charge is 0.259 e. The van der Waals surface area contributed by atoms with Crippen molar-refractivity contribution in [1.29, 1.82) is 0 Å². The molecule has 4 nitrogen and oxygen atoms in total. The minimum Gasteiger partial charge on any atom is -0.508 e. The highest BCUT2D eigenvalue weighted by Crippen LogP contribution is 2.32. The maximum Gasteiger partial charge on any atom is 0.259 e. The monoisotopic (exact) mass is 265 g/mol. The van der Waals surface area contributed by atoms with E-state index in [4.69, 9.17) is 0 Å². The largest absolute Gasteiger partial charge is 0.508 e. The second-order valence-electron chi connectivity index (χ2n) is 4.45. The van der Waals surface area contributed by atoms with Gasteiger partial charge in [-0.3, -0.25) is 14.9 Å². The molecular weight excluding hydrogens is 254 g/mol.